The molecular formula is C10H10N10OS. The minimum absolute atomic E-state index is 0.340. The summed E-state index contributed by atoms with van der Waals surface area (Å²) in [6.45, 7) is 3.60. The summed E-state index contributed by atoms with van der Waals surface area (Å²) < 4.78 is 5.67. The maximum absolute atomic E-state index is 5.67. The predicted molar refractivity (Wildman–Crippen MR) is 75.8 cm³/mol. The van der Waals surface area contributed by atoms with Crippen LogP contribution in [0.25, 0.3) is 0 Å². The van der Waals surface area contributed by atoms with Crippen LogP contribution in [0.2, 0.25) is 0 Å². The van der Waals surface area contributed by atoms with Crippen molar-refractivity contribution in [3.8, 4) is 0 Å². The highest BCUT2D eigenvalue weighted by Crippen LogP contribution is 2.50. The first kappa shape index (κ1) is 12.9. The minimum Gasteiger partial charge on any atom is -0.422 e. The summed E-state index contributed by atoms with van der Waals surface area (Å²) in [4.78, 5) is -0.977. The number of rotatable bonds is 3. The molecule has 1 unspecified atom stereocenters. The molecule has 3 aromatic heterocycles. The lowest BCUT2D eigenvalue weighted by Crippen LogP contribution is -2.39. The van der Waals surface area contributed by atoms with Gasteiger partial charge in [-0.25, -0.2) is 5.01 Å². The van der Waals surface area contributed by atoms with Gasteiger partial charge in [0.2, 0.25) is 10.8 Å². The first-order valence-corrected chi connectivity index (χ1v) is 7.09. The van der Waals surface area contributed by atoms with Crippen molar-refractivity contribution >= 4 is 22.6 Å². The number of hydrazone groups is 1. The number of aromatic nitrogens is 8. The zero-order valence-electron chi connectivity index (χ0n) is 11.5. The summed E-state index contributed by atoms with van der Waals surface area (Å²) in [7, 11) is 0. The average molecular weight is 318 g/mol. The summed E-state index contributed by atoms with van der Waals surface area (Å²) in [5.74, 6) is 1.29. The third kappa shape index (κ3) is 1.73. The number of aromatic amines is 2. The van der Waals surface area contributed by atoms with Crippen molar-refractivity contribution < 1.29 is 4.42 Å². The second kappa shape index (κ2) is 4.62. The fraction of sp³-hybridized carbons (Fsp3) is 0.300. The van der Waals surface area contributed by atoms with E-state index in [4.69, 9.17) is 4.42 Å². The zero-order chi connectivity index (χ0) is 15.2. The molecule has 112 valence electrons. The van der Waals surface area contributed by atoms with Crippen LogP contribution in [0, 0.1) is 6.92 Å². The van der Waals surface area contributed by atoms with E-state index < -0.39 is 4.87 Å². The van der Waals surface area contributed by atoms with Crippen molar-refractivity contribution in [3.05, 3.63) is 29.9 Å². The molecule has 4 rings (SSSR count). The number of hydrogen-bond donors (Lipinski definition) is 2. The lowest BCUT2D eigenvalue weighted by Gasteiger charge is -2.29. The molecule has 11 nitrogen and oxygen atoms in total. The quantitative estimate of drug-likeness (QED) is 0.702. The Morgan fingerprint density at radius 2 is 1.95 bits per heavy atom. The first-order chi connectivity index (χ1) is 10.7. The Kier molecular flexibility index (Phi) is 2.72. The SMILES string of the molecule is CC1=NN(c2cn[nH]n2)C(c2cn[nH]n2)(c2nnc(C)o2)S1. The van der Waals surface area contributed by atoms with E-state index in [1.165, 1.54) is 11.8 Å². The molecule has 0 amide bonds. The monoisotopic (exact) mass is 318 g/mol. The van der Waals surface area contributed by atoms with Crippen molar-refractivity contribution in [1.29, 1.82) is 0 Å². The number of thioether (sulfide) groups is 1. The van der Waals surface area contributed by atoms with E-state index in [2.05, 4.69) is 46.1 Å². The Morgan fingerprint density at radius 3 is 2.59 bits per heavy atom. The van der Waals surface area contributed by atoms with Crippen molar-refractivity contribution in [2.45, 2.75) is 18.7 Å². The van der Waals surface area contributed by atoms with Gasteiger partial charge in [-0.05, 0) is 6.92 Å². The summed E-state index contributed by atoms with van der Waals surface area (Å²) in [5.41, 5.74) is 0.574. The molecule has 0 saturated carbocycles. The topological polar surface area (TPSA) is 138 Å². The smallest absolute Gasteiger partial charge is 0.261 e. The fourth-order valence-corrected chi connectivity index (χ4v) is 3.35. The first-order valence-electron chi connectivity index (χ1n) is 6.27. The molecule has 2 N–H and O–H groups in total. The van der Waals surface area contributed by atoms with E-state index in [0.29, 0.717) is 23.3 Å². The van der Waals surface area contributed by atoms with Gasteiger partial charge in [0.15, 0.2) is 5.82 Å². The zero-order valence-corrected chi connectivity index (χ0v) is 12.4. The molecule has 0 bridgehead atoms. The molecule has 0 radical (unpaired) electrons. The maximum Gasteiger partial charge on any atom is 0.261 e. The third-order valence-electron chi connectivity index (χ3n) is 3.03. The molecule has 12 heteroatoms. The van der Waals surface area contributed by atoms with Crippen molar-refractivity contribution in [2.75, 3.05) is 5.01 Å². The van der Waals surface area contributed by atoms with Gasteiger partial charge in [0.1, 0.15) is 5.69 Å². The molecular weight excluding hydrogens is 308 g/mol. The van der Waals surface area contributed by atoms with Crippen LogP contribution in [0.4, 0.5) is 5.82 Å². The van der Waals surface area contributed by atoms with Gasteiger partial charge in [0, 0.05) is 6.92 Å². The number of nitrogens with zero attached hydrogens (tertiary/aromatic N) is 8. The molecule has 1 aliphatic rings. The van der Waals surface area contributed by atoms with Gasteiger partial charge in [-0.1, -0.05) is 11.8 Å². The van der Waals surface area contributed by atoms with Gasteiger partial charge in [-0.3, -0.25) is 0 Å². The van der Waals surface area contributed by atoms with Crippen molar-refractivity contribution in [2.24, 2.45) is 5.10 Å². The largest absolute Gasteiger partial charge is 0.422 e. The molecule has 0 saturated heterocycles. The van der Waals surface area contributed by atoms with E-state index in [-0.39, 0.29) is 0 Å². The number of anilines is 1. The predicted octanol–water partition coefficient (Wildman–Crippen LogP) is 0.402. The lowest BCUT2D eigenvalue weighted by atomic mass is 10.2. The average Bonchev–Trinajstić information content (AvgIpc) is 3.26. The van der Waals surface area contributed by atoms with Crippen molar-refractivity contribution in [3.63, 3.8) is 0 Å². The third-order valence-corrected chi connectivity index (χ3v) is 4.26. The molecule has 0 aromatic carbocycles. The molecule has 1 atom stereocenters. The van der Waals surface area contributed by atoms with Crippen LogP contribution < -0.4 is 5.01 Å². The highest BCUT2D eigenvalue weighted by atomic mass is 32.2. The standard InChI is InChI=1S/C10H10N10OS/c1-5-13-16-9(21-5)10(7-3-11-18-14-7)20(17-6(2)22-10)8-4-12-19-15-8/h3-4H,1-2H3,(H,11,14,18)(H,12,15,19). The minimum atomic E-state index is -0.977. The Hall–Kier alpha value is -2.76. The van der Waals surface area contributed by atoms with Gasteiger partial charge >= 0.3 is 0 Å². The summed E-state index contributed by atoms with van der Waals surface area (Å²) >= 11 is 1.42. The van der Waals surface area contributed by atoms with Crippen LogP contribution in [0.5, 0.6) is 0 Å². The second-order valence-corrected chi connectivity index (χ2v) is 5.87. The number of H-pyrrole nitrogens is 2. The summed E-state index contributed by atoms with van der Waals surface area (Å²) in [5, 5.41) is 36.2. The molecule has 22 heavy (non-hydrogen) atoms. The summed E-state index contributed by atoms with van der Waals surface area (Å²) in [6.07, 6.45) is 3.15. The van der Waals surface area contributed by atoms with E-state index in [9.17, 15) is 0 Å². The van der Waals surface area contributed by atoms with Gasteiger partial charge in [-0.15, -0.1) is 15.3 Å². The Balaban J connectivity index is 1.95. The normalized spacial score (nSPS) is 21.4. The molecule has 3 aromatic rings. The summed E-state index contributed by atoms with van der Waals surface area (Å²) in [6, 6.07) is 0. The van der Waals surface area contributed by atoms with Crippen LogP contribution in [-0.2, 0) is 4.87 Å². The Morgan fingerprint density at radius 1 is 1.14 bits per heavy atom. The molecule has 0 spiro atoms. The van der Waals surface area contributed by atoms with Crippen molar-refractivity contribution in [1.82, 2.24) is 41.0 Å². The van der Waals surface area contributed by atoms with E-state index in [1.807, 2.05) is 6.92 Å². The lowest BCUT2D eigenvalue weighted by molar-refractivity contribution is 0.421. The molecule has 0 fully saturated rings. The highest BCUT2D eigenvalue weighted by molar-refractivity contribution is 8.15. The van der Waals surface area contributed by atoms with Gasteiger partial charge in [0.05, 0.1) is 17.4 Å². The number of nitrogens with one attached hydrogen (secondary N) is 2. The molecule has 0 aliphatic carbocycles. The number of hydrogen-bond acceptors (Lipinski definition) is 10. The van der Waals surface area contributed by atoms with Crippen LogP contribution in [0.1, 0.15) is 24.4 Å². The highest BCUT2D eigenvalue weighted by Gasteiger charge is 2.54. The van der Waals surface area contributed by atoms with Crippen LogP contribution in [0.3, 0.4) is 0 Å². The molecule has 4 heterocycles. The van der Waals surface area contributed by atoms with Gasteiger partial charge in [-0.2, -0.15) is 30.8 Å². The van der Waals surface area contributed by atoms with E-state index >= 15 is 0 Å². The van der Waals surface area contributed by atoms with Crippen LogP contribution in [0.15, 0.2) is 21.9 Å². The van der Waals surface area contributed by atoms with Crippen LogP contribution in [-0.4, -0.2) is 46.1 Å². The Labute approximate surface area is 127 Å². The maximum atomic E-state index is 5.67. The van der Waals surface area contributed by atoms with Crippen LogP contribution >= 0.6 is 11.8 Å². The van der Waals surface area contributed by atoms with Gasteiger partial charge < -0.3 is 4.42 Å². The van der Waals surface area contributed by atoms with E-state index in [1.54, 1.807) is 24.3 Å². The number of aryl methyl sites for hydroxylation is 1. The Bertz CT molecular complexity index is 809. The van der Waals surface area contributed by atoms with E-state index in [0.717, 1.165) is 5.04 Å². The fourth-order valence-electron chi connectivity index (χ4n) is 2.20. The van der Waals surface area contributed by atoms with Gasteiger partial charge in [0.25, 0.3) is 5.89 Å². The second-order valence-electron chi connectivity index (χ2n) is 4.49. The molecule has 1 aliphatic heterocycles.